The molecule has 0 radical (unpaired) electrons. The van der Waals surface area contributed by atoms with E-state index in [-0.39, 0.29) is 11.9 Å². The molecule has 2 aromatic rings. The Kier molecular flexibility index (Phi) is 4.33. The Morgan fingerprint density at radius 1 is 1.17 bits per heavy atom. The van der Waals surface area contributed by atoms with Crippen molar-refractivity contribution in [1.82, 2.24) is 4.90 Å². The molecule has 2 aromatic carbocycles. The first-order valence-corrected chi connectivity index (χ1v) is 8.25. The van der Waals surface area contributed by atoms with Crippen LogP contribution in [0.3, 0.4) is 0 Å². The summed E-state index contributed by atoms with van der Waals surface area (Å²) in [5.74, 6) is 0.249. The van der Waals surface area contributed by atoms with E-state index in [9.17, 15) is 4.79 Å². The first-order valence-electron chi connectivity index (χ1n) is 7.87. The van der Waals surface area contributed by atoms with Crippen LogP contribution in [-0.2, 0) is 10.3 Å². The van der Waals surface area contributed by atoms with Gasteiger partial charge in [0.25, 0.3) is 0 Å². The van der Waals surface area contributed by atoms with Crippen LogP contribution in [0.5, 0.6) is 0 Å². The maximum absolute atomic E-state index is 12.0. The molecule has 0 bridgehead atoms. The Balaban J connectivity index is 2.03. The van der Waals surface area contributed by atoms with Crippen molar-refractivity contribution in [3.8, 4) is 11.1 Å². The van der Waals surface area contributed by atoms with Gasteiger partial charge in [0.2, 0.25) is 5.91 Å². The molecule has 24 heavy (non-hydrogen) atoms. The van der Waals surface area contributed by atoms with Gasteiger partial charge < -0.3 is 5.73 Å². The highest BCUT2D eigenvalue weighted by atomic mass is 35.5. The largest absolute Gasteiger partial charge is 0.369 e. The number of halogens is 1. The molecular formula is C19H20ClN3O. The van der Waals surface area contributed by atoms with Crippen molar-refractivity contribution in [3.63, 3.8) is 0 Å². The van der Waals surface area contributed by atoms with Gasteiger partial charge in [-0.15, -0.1) is 0 Å². The number of hydrogen-bond acceptors (Lipinski definition) is 3. The van der Waals surface area contributed by atoms with E-state index in [1.807, 2.05) is 49.4 Å². The molecule has 1 aliphatic rings. The van der Waals surface area contributed by atoms with Gasteiger partial charge in [-0.3, -0.25) is 9.69 Å². The molecule has 0 fully saturated rings. The summed E-state index contributed by atoms with van der Waals surface area (Å²) >= 11 is 6.10. The van der Waals surface area contributed by atoms with Gasteiger partial charge in [-0.25, -0.2) is 4.99 Å². The van der Waals surface area contributed by atoms with Gasteiger partial charge in [-0.05, 0) is 48.2 Å². The zero-order chi connectivity index (χ0) is 17.3. The zero-order valence-electron chi connectivity index (χ0n) is 13.8. The van der Waals surface area contributed by atoms with Gasteiger partial charge in [0.05, 0.1) is 5.54 Å². The summed E-state index contributed by atoms with van der Waals surface area (Å²) in [6, 6.07) is 15.9. The van der Waals surface area contributed by atoms with Crippen LogP contribution in [0.25, 0.3) is 11.1 Å². The smallest absolute Gasteiger partial charge is 0.229 e. The maximum Gasteiger partial charge on any atom is 0.229 e. The lowest BCUT2D eigenvalue weighted by Gasteiger charge is -2.25. The molecule has 0 spiro atoms. The topological polar surface area (TPSA) is 58.7 Å². The number of hydrogen-bond donors (Lipinski definition) is 1. The molecule has 2 N–H and O–H groups in total. The van der Waals surface area contributed by atoms with Gasteiger partial charge in [0.15, 0.2) is 5.96 Å². The van der Waals surface area contributed by atoms with Crippen molar-refractivity contribution < 1.29 is 4.79 Å². The molecule has 1 atom stereocenters. The Hall–Kier alpha value is -2.33. The first kappa shape index (κ1) is 16.5. The Morgan fingerprint density at radius 2 is 1.83 bits per heavy atom. The lowest BCUT2D eigenvalue weighted by molar-refractivity contribution is -0.126. The van der Waals surface area contributed by atoms with Gasteiger partial charge in [-0.2, -0.15) is 0 Å². The average molecular weight is 342 g/mol. The highest BCUT2D eigenvalue weighted by Gasteiger charge is 2.32. The summed E-state index contributed by atoms with van der Waals surface area (Å²) in [6.07, 6.45) is 1.04. The lowest BCUT2D eigenvalue weighted by atomic mass is 9.86. The predicted molar refractivity (Wildman–Crippen MR) is 97.9 cm³/mol. The van der Waals surface area contributed by atoms with Crippen molar-refractivity contribution in [2.45, 2.75) is 25.3 Å². The number of carbonyl (C=O) groups excluding carboxylic acids is 1. The summed E-state index contributed by atoms with van der Waals surface area (Å²) in [7, 11) is 1.66. The van der Waals surface area contributed by atoms with Crippen molar-refractivity contribution in [2.75, 3.05) is 7.05 Å². The van der Waals surface area contributed by atoms with E-state index in [4.69, 9.17) is 17.3 Å². The van der Waals surface area contributed by atoms with Gasteiger partial charge in [0.1, 0.15) is 0 Å². The van der Waals surface area contributed by atoms with Gasteiger partial charge in [0, 0.05) is 18.5 Å². The normalized spacial score (nSPS) is 21.4. The van der Waals surface area contributed by atoms with Crippen LogP contribution in [0.1, 0.15) is 25.3 Å². The molecule has 0 unspecified atom stereocenters. The number of carbonyl (C=O) groups is 1. The molecule has 1 heterocycles. The van der Waals surface area contributed by atoms with Crippen molar-refractivity contribution in [3.05, 3.63) is 59.1 Å². The minimum Gasteiger partial charge on any atom is -0.369 e. The number of nitrogens with zero attached hydrogens (tertiary/aromatic N) is 2. The van der Waals surface area contributed by atoms with E-state index in [1.54, 1.807) is 7.05 Å². The van der Waals surface area contributed by atoms with Gasteiger partial charge >= 0.3 is 0 Å². The molecule has 0 aromatic heterocycles. The van der Waals surface area contributed by atoms with Crippen LogP contribution in [0.15, 0.2) is 53.5 Å². The van der Waals surface area contributed by atoms with Crippen LogP contribution < -0.4 is 5.73 Å². The number of benzene rings is 2. The monoisotopic (exact) mass is 341 g/mol. The average Bonchev–Trinajstić information content (AvgIpc) is 2.68. The Bertz CT molecular complexity index is 818. The molecule has 0 aliphatic carbocycles. The molecule has 0 saturated carbocycles. The summed E-state index contributed by atoms with van der Waals surface area (Å²) in [5.41, 5.74) is 8.60. The van der Waals surface area contributed by atoms with E-state index >= 15 is 0 Å². The lowest BCUT2D eigenvalue weighted by Crippen LogP contribution is -2.38. The number of aliphatic imine (C=N–C) groups is 1. The fraction of sp³-hybridized carbons (Fsp3) is 0.263. The van der Waals surface area contributed by atoms with Crippen LogP contribution in [-0.4, -0.2) is 23.8 Å². The fourth-order valence-corrected chi connectivity index (χ4v) is 3.13. The third-order valence-electron chi connectivity index (χ3n) is 4.55. The number of rotatable bonds is 2. The molecule has 124 valence electrons. The number of amides is 1. The van der Waals surface area contributed by atoms with E-state index in [0.29, 0.717) is 17.9 Å². The third kappa shape index (κ3) is 3.15. The standard InChI is InChI=1S/C19H20ClN3O/c1-19(10-9-17(24)23(2)18(21)22-19)15-7-3-5-13(11-15)14-6-4-8-16(20)12-14/h3-8,11-12H,9-10H2,1-2H3,(H2,21,22)/t19-/m0/s1. The second-order valence-electron chi connectivity index (χ2n) is 6.29. The Morgan fingerprint density at radius 3 is 2.54 bits per heavy atom. The molecule has 4 nitrogen and oxygen atoms in total. The molecule has 5 heteroatoms. The maximum atomic E-state index is 12.0. The van der Waals surface area contributed by atoms with Crippen molar-refractivity contribution >= 4 is 23.5 Å². The molecule has 1 aliphatic heterocycles. The van der Waals surface area contributed by atoms with E-state index < -0.39 is 5.54 Å². The Labute approximate surface area is 146 Å². The van der Waals surface area contributed by atoms with Crippen molar-refractivity contribution in [1.29, 1.82) is 0 Å². The van der Waals surface area contributed by atoms with Crippen molar-refractivity contribution in [2.24, 2.45) is 10.7 Å². The van der Waals surface area contributed by atoms with E-state index in [2.05, 4.69) is 11.1 Å². The highest BCUT2D eigenvalue weighted by Crippen LogP contribution is 2.35. The second-order valence-corrected chi connectivity index (χ2v) is 6.72. The second kappa shape index (κ2) is 6.29. The van der Waals surface area contributed by atoms with Crippen LogP contribution in [0.2, 0.25) is 5.02 Å². The molecular weight excluding hydrogens is 322 g/mol. The number of nitrogens with two attached hydrogens (primary N) is 1. The van der Waals surface area contributed by atoms with Gasteiger partial charge in [-0.1, -0.05) is 41.9 Å². The van der Waals surface area contributed by atoms with E-state index in [1.165, 1.54) is 4.90 Å². The quantitative estimate of drug-likeness (QED) is 0.903. The van der Waals surface area contributed by atoms with E-state index in [0.717, 1.165) is 16.7 Å². The molecule has 0 saturated heterocycles. The number of guanidine groups is 1. The van der Waals surface area contributed by atoms with Crippen LogP contribution in [0, 0.1) is 0 Å². The molecule has 3 rings (SSSR count). The minimum atomic E-state index is -0.529. The SMILES string of the molecule is CN1C(=O)CC[C@@](C)(c2cccc(-c3cccc(Cl)c3)c2)N=C1N. The summed E-state index contributed by atoms with van der Waals surface area (Å²) in [4.78, 5) is 18.1. The minimum absolute atomic E-state index is 0.00836. The highest BCUT2D eigenvalue weighted by molar-refractivity contribution is 6.30. The van der Waals surface area contributed by atoms with Crippen LogP contribution >= 0.6 is 11.6 Å². The fourth-order valence-electron chi connectivity index (χ4n) is 2.94. The first-order chi connectivity index (χ1) is 11.4. The summed E-state index contributed by atoms with van der Waals surface area (Å²) in [6.45, 7) is 2.02. The summed E-state index contributed by atoms with van der Waals surface area (Å²) < 4.78 is 0. The van der Waals surface area contributed by atoms with Crippen LogP contribution in [0.4, 0.5) is 0 Å². The molecule has 1 amide bonds. The predicted octanol–water partition coefficient (Wildman–Crippen LogP) is 3.79. The summed E-state index contributed by atoms with van der Waals surface area (Å²) in [5, 5.41) is 0.702. The zero-order valence-corrected chi connectivity index (χ0v) is 14.5. The third-order valence-corrected chi connectivity index (χ3v) is 4.78.